The number of carbonyl (C=O) groups is 2. The Labute approximate surface area is 226 Å². The fraction of sp³-hybridized carbons (Fsp3) is 0.333. The molecule has 0 aliphatic heterocycles. The maximum absolute atomic E-state index is 13.9. The van der Waals surface area contributed by atoms with E-state index < -0.39 is 28.5 Å². The van der Waals surface area contributed by atoms with E-state index in [9.17, 15) is 18.0 Å². The topological polar surface area (TPSA) is 86.8 Å². The van der Waals surface area contributed by atoms with Gasteiger partial charge in [-0.2, -0.15) is 0 Å². The largest absolute Gasteiger partial charge is 0.354 e. The summed E-state index contributed by atoms with van der Waals surface area (Å²) in [5.74, 6) is -0.738. The van der Waals surface area contributed by atoms with Gasteiger partial charge >= 0.3 is 0 Å². The molecule has 0 heterocycles. The molecule has 0 radical (unpaired) electrons. The predicted octanol–water partition coefficient (Wildman–Crippen LogP) is 4.83. The van der Waals surface area contributed by atoms with E-state index in [1.54, 1.807) is 43.3 Å². The van der Waals surface area contributed by atoms with Crippen molar-refractivity contribution < 1.29 is 18.0 Å². The summed E-state index contributed by atoms with van der Waals surface area (Å²) in [6, 6.07) is 22.0. The van der Waals surface area contributed by atoms with Crippen LogP contribution in [0.2, 0.25) is 0 Å². The Hall–Kier alpha value is -3.65. The molecule has 0 fully saturated rings. The average molecular weight is 536 g/mol. The number of nitrogens with one attached hydrogen (secondary N) is 1. The predicted molar refractivity (Wildman–Crippen MR) is 151 cm³/mol. The Morgan fingerprint density at radius 1 is 0.895 bits per heavy atom. The van der Waals surface area contributed by atoms with Crippen LogP contribution in [0.5, 0.6) is 0 Å². The summed E-state index contributed by atoms with van der Waals surface area (Å²) in [5.41, 5.74) is 3.14. The van der Waals surface area contributed by atoms with Crippen LogP contribution in [0, 0.1) is 13.8 Å². The van der Waals surface area contributed by atoms with Crippen molar-refractivity contribution in [3.05, 3.63) is 95.6 Å². The van der Waals surface area contributed by atoms with Gasteiger partial charge in [-0.1, -0.05) is 73.5 Å². The van der Waals surface area contributed by atoms with Crippen LogP contribution in [0.1, 0.15) is 43.4 Å². The van der Waals surface area contributed by atoms with Crippen molar-refractivity contribution in [2.45, 2.75) is 58.0 Å². The van der Waals surface area contributed by atoms with Crippen LogP contribution in [-0.2, 0) is 26.2 Å². The zero-order chi connectivity index (χ0) is 27.7. The van der Waals surface area contributed by atoms with E-state index in [-0.39, 0.29) is 17.3 Å². The van der Waals surface area contributed by atoms with Crippen LogP contribution < -0.4 is 9.62 Å². The Morgan fingerprint density at radius 2 is 1.55 bits per heavy atom. The Bertz CT molecular complexity index is 1340. The van der Waals surface area contributed by atoms with Gasteiger partial charge in [-0.15, -0.1) is 0 Å². The molecule has 0 spiro atoms. The van der Waals surface area contributed by atoms with Gasteiger partial charge < -0.3 is 10.2 Å². The number of hydrogen-bond acceptors (Lipinski definition) is 4. The number of benzene rings is 3. The number of amides is 2. The van der Waals surface area contributed by atoms with E-state index in [4.69, 9.17) is 0 Å². The summed E-state index contributed by atoms with van der Waals surface area (Å²) in [6.07, 6.45) is 1.77. The smallest absolute Gasteiger partial charge is 0.264 e. The number of rotatable bonds is 12. The highest BCUT2D eigenvalue weighted by molar-refractivity contribution is 7.92. The standard InChI is InChI=1S/C30H37N3O4S/c1-5-6-18-31-30(35)25(4)32(21-26-14-10-12-23(2)19-26)29(34)22-33(27-15-11-13-24(3)20-27)38(36,37)28-16-8-7-9-17-28/h7-17,19-20,25H,5-6,18,21-22H2,1-4H3,(H,31,35)/t25-/m0/s1. The van der Waals surface area contributed by atoms with Gasteiger partial charge in [-0.05, 0) is 62.6 Å². The van der Waals surface area contributed by atoms with Gasteiger partial charge in [0.05, 0.1) is 10.6 Å². The SMILES string of the molecule is CCCCNC(=O)[C@H](C)N(Cc1cccc(C)c1)C(=O)CN(c1cccc(C)c1)S(=O)(=O)c1ccccc1. The second-order valence-electron chi connectivity index (χ2n) is 9.49. The molecule has 7 nitrogen and oxygen atoms in total. The number of unbranched alkanes of at least 4 members (excludes halogenated alkanes) is 1. The van der Waals surface area contributed by atoms with Gasteiger partial charge in [0.25, 0.3) is 10.0 Å². The first-order valence-corrected chi connectivity index (χ1v) is 14.3. The van der Waals surface area contributed by atoms with E-state index in [1.807, 2.05) is 51.1 Å². The fourth-order valence-electron chi connectivity index (χ4n) is 4.16. The summed E-state index contributed by atoms with van der Waals surface area (Å²) in [4.78, 5) is 28.4. The maximum atomic E-state index is 13.9. The third kappa shape index (κ3) is 7.44. The number of anilines is 1. The molecule has 202 valence electrons. The molecule has 0 saturated carbocycles. The van der Waals surface area contributed by atoms with Crippen molar-refractivity contribution in [1.82, 2.24) is 10.2 Å². The third-order valence-corrected chi connectivity index (χ3v) is 8.12. The molecule has 0 aliphatic rings. The Morgan fingerprint density at radius 3 is 2.18 bits per heavy atom. The summed E-state index contributed by atoms with van der Waals surface area (Å²) in [7, 11) is -4.06. The zero-order valence-corrected chi connectivity index (χ0v) is 23.4. The van der Waals surface area contributed by atoms with Gasteiger partial charge in [-0.3, -0.25) is 13.9 Å². The van der Waals surface area contributed by atoms with Gasteiger partial charge in [0, 0.05) is 13.1 Å². The number of aryl methyl sites for hydroxylation is 2. The monoisotopic (exact) mass is 535 g/mol. The molecule has 8 heteroatoms. The van der Waals surface area contributed by atoms with E-state index >= 15 is 0 Å². The molecule has 3 aromatic rings. The highest BCUT2D eigenvalue weighted by atomic mass is 32.2. The highest BCUT2D eigenvalue weighted by Crippen LogP contribution is 2.25. The molecular weight excluding hydrogens is 498 g/mol. The van der Waals surface area contributed by atoms with E-state index in [2.05, 4.69) is 5.32 Å². The van der Waals surface area contributed by atoms with Crippen molar-refractivity contribution in [2.75, 3.05) is 17.4 Å². The van der Waals surface area contributed by atoms with Crippen molar-refractivity contribution in [2.24, 2.45) is 0 Å². The summed E-state index contributed by atoms with van der Waals surface area (Å²) < 4.78 is 28.6. The molecule has 0 aromatic heterocycles. The summed E-state index contributed by atoms with van der Waals surface area (Å²) >= 11 is 0. The van der Waals surface area contributed by atoms with Crippen LogP contribution in [0.15, 0.2) is 83.8 Å². The van der Waals surface area contributed by atoms with Crippen LogP contribution >= 0.6 is 0 Å². The molecule has 1 N–H and O–H groups in total. The quantitative estimate of drug-likeness (QED) is 0.337. The molecule has 0 bridgehead atoms. The molecule has 1 atom stereocenters. The summed E-state index contributed by atoms with van der Waals surface area (Å²) in [5, 5.41) is 2.90. The minimum Gasteiger partial charge on any atom is -0.354 e. The average Bonchev–Trinajstić information content (AvgIpc) is 2.90. The van der Waals surface area contributed by atoms with Gasteiger partial charge in [0.2, 0.25) is 11.8 Å². The zero-order valence-electron chi connectivity index (χ0n) is 22.6. The van der Waals surface area contributed by atoms with Crippen molar-refractivity contribution in [1.29, 1.82) is 0 Å². The second-order valence-corrected chi connectivity index (χ2v) is 11.4. The fourth-order valence-corrected chi connectivity index (χ4v) is 5.58. The Kier molecular flexibility index (Phi) is 10.1. The highest BCUT2D eigenvalue weighted by Gasteiger charge is 2.32. The molecule has 0 unspecified atom stereocenters. The van der Waals surface area contributed by atoms with Gasteiger partial charge in [-0.25, -0.2) is 8.42 Å². The first-order chi connectivity index (χ1) is 18.1. The first kappa shape index (κ1) is 28.9. The molecule has 0 aliphatic carbocycles. The third-order valence-electron chi connectivity index (χ3n) is 6.33. The number of sulfonamides is 1. The van der Waals surface area contributed by atoms with Gasteiger partial charge in [0.15, 0.2) is 0 Å². The van der Waals surface area contributed by atoms with Crippen LogP contribution in [-0.4, -0.2) is 44.3 Å². The normalized spacial score (nSPS) is 12.0. The van der Waals surface area contributed by atoms with Crippen molar-refractivity contribution in [3.63, 3.8) is 0 Å². The van der Waals surface area contributed by atoms with Gasteiger partial charge in [0.1, 0.15) is 12.6 Å². The number of carbonyl (C=O) groups excluding carboxylic acids is 2. The lowest BCUT2D eigenvalue weighted by atomic mass is 10.1. The van der Waals surface area contributed by atoms with Crippen LogP contribution in [0.3, 0.4) is 0 Å². The Balaban J connectivity index is 1.99. The van der Waals surface area contributed by atoms with E-state index in [0.29, 0.717) is 12.2 Å². The number of nitrogens with zero attached hydrogens (tertiary/aromatic N) is 2. The van der Waals surface area contributed by atoms with Crippen LogP contribution in [0.4, 0.5) is 5.69 Å². The number of hydrogen-bond donors (Lipinski definition) is 1. The molecule has 0 saturated heterocycles. The second kappa shape index (κ2) is 13.2. The van der Waals surface area contributed by atoms with E-state index in [0.717, 1.165) is 33.8 Å². The van der Waals surface area contributed by atoms with Crippen LogP contribution in [0.25, 0.3) is 0 Å². The van der Waals surface area contributed by atoms with Crippen molar-refractivity contribution >= 4 is 27.5 Å². The lowest BCUT2D eigenvalue weighted by Crippen LogP contribution is -2.51. The van der Waals surface area contributed by atoms with Crippen molar-refractivity contribution in [3.8, 4) is 0 Å². The molecule has 38 heavy (non-hydrogen) atoms. The lowest BCUT2D eigenvalue weighted by Gasteiger charge is -2.32. The summed E-state index contributed by atoms with van der Waals surface area (Å²) in [6.45, 7) is 7.79. The molecule has 2 amide bonds. The lowest BCUT2D eigenvalue weighted by molar-refractivity contribution is -0.139. The molecular formula is C30H37N3O4S. The molecule has 3 aromatic carbocycles. The minimum atomic E-state index is -4.06. The maximum Gasteiger partial charge on any atom is 0.264 e. The first-order valence-electron chi connectivity index (χ1n) is 12.9. The minimum absolute atomic E-state index is 0.0879. The van der Waals surface area contributed by atoms with E-state index in [1.165, 1.54) is 17.0 Å². The molecule has 3 rings (SSSR count).